The van der Waals surface area contributed by atoms with Crippen LogP contribution in [0.15, 0.2) is 12.7 Å². The number of cyclic esters (lactones) is 2. The Kier molecular flexibility index (Phi) is 3.95. The molecule has 3 unspecified atom stereocenters. The van der Waals surface area contributed by atoms with E-state index < -0.39 is 26.1 Å². The summed E-state index contributed by atoms with van der Waals surface area (Å²) in [4.78, 5) is 26.3. The second kappa shape index (κ2) is 5.16. The fourth-order valence-electron chi connectivity index (χ4n) is 3.79. The van der Waals surface area contributed by atoms with Crippen molar-refractivity contribution in [3.05, 3.63) is 12.7 Å². The van der Waals surface area contributed by atoms with E-state index in [1.165, 1.54) is 0 Å². The van der Waals surface area contributed by atoms with E-state index in [0.717, 1.165) is 0 Å². The van der Waals surface area contributed by atoms with Crippen molar-refractivity contribution in [2.24, 2.45) is 0 Å². The first kappa shape index (κ1) is 16.1. The predicted molar refractivity (Wildman–Crippen MR) is 83.0 cm³/mol. The molecule has 2 aliphatic heterocycles. The van der Waals surface area contributed by atoms with Crippen molar-refractivity contribution < 1.29 is 19.1 Å². The third-order valence-corrected chi connectivity index (χ3v) is 7.56. The fraction of sp³-hybridized carbons (Fsp3) is 0.733. The topological polar surface area (TPSA) is 55.8 Å². The van der Waals surface area contributed by atoms with Crippen LogP contribution in [-0.2, 0) is 14.3 Å². The van der Waals surface area contributed by atoms with Crippen molar-refractivity contribution in [3.8, 4) is 0 Å². The maximum atomic E-state index is 13.0. The molecule has 2 saturated heterocycles. The third kappa shape index (κ3) is 2.20. The number of nitrogens with zero attached hydrogens (tertiary/aromatic N) is 1. The van der Waals surface area contributed by atoms with Gasteiger partial charge in [-0.3, -0.25) is 4.79 Å². The highest BCUT2D eigenvalue weighted by Crippen LogP contribution is 2.57. The number of carbonyl (C=O) groups is 2. The standard InChI is InChI=1S/C15H25NO4Si/c1-7-8-10-15(21(5)6,11-9-19-13(18)20-11)12(17)16(10)14(2,3)4/h7,10-11,21H,1,8-9H2,2-6H3. The minimum Gasteiger partial charge on any atom is -0.430 e. The molecule has 1 amide bonds. The number of hydrogen-bond acceptors (Lipinski definition) is 4. The summed E-state index contributed by atoms with van der Waals surface area (Å²) < 4.78 is 10.3. The average Bonchev–Trinajstić information content (AvgIpc) is 2.73. The summed E-state index contributed by atoms with van der Waals surface area (Å²) in [6.45, 7) is 14.4. The largest absolute Gasteiger partial charge is 0.508 e. The zero-order chi connectivity index (χ0) is 16.0. The SMILES string of the molecule is C=CCC1N(C(C)(C)C)C(=O)C1(C1COC(=O)O1)[SiH](C)C. The van der Waals surface area contributed by atoms with E-state index in [2.05, 4.69) is 19.7 Å². The van der Waals surface area contributed by atoms with Gasteiger partial charge in [-0.15, -0.1) is 6.58 Å². The van der Waals surface area contributed by atoms with Crippen molar-refractivity contribution in [1.29, 1.82) is 0 Å². The van der Waals surface area contributed by atoms with Crippen LogP contribution in [0.1, 0.15) is 27.2 Å². The number of rotatable bonds is 4. The van der Waals surface area contributed by atoms with E-state index in [1.807, 2.05) is 31.7 Å². The first-order valence-corrected chi connectivity index (χ1v) is 10.3. The molecule has 0 radical (unpaired) electrons. The number of carbonyl (C=O) groups excluding carboxylic acids is 2. The van der Waals surface area contributed by atoms with Crippen LogP contribution in [0.5, 0.6) is 0 Å². The Morgan fingerprint density at radius 1 is 1.43 bits per heavy atom. The molecular formula is C15H25NO4Si. The van der Waals surface area contributed by atoms with Crippen LogP contribution in [0.25, 0.3) is 0 Å². The molecule has 118 valence electrons. The molecule has 0 bridgehead atoms. The van der Waals surface area contributed by atoms with E-state index in [4.69, 9.17) is 9.47 Å². The van der Waals surface area contributed by atoms with Gasteiger partial charge >= 0.3 is 6.16 Å². The molecule has 0 N–H and O–H groups in total. The van der Waals surface area contributed by atoms with E-state index in [1.54, 1.807) is 0 Å². The van der Waals surface area contributed by atoms with Gasteiger partial charge in [0.2, 0.25) is 5.91 Å². The second-order valence-electron chi connectivity index (χ2n) is 7.14. The highest BCUT2D eigenvalue weighted by atomic mass is 28.3. The zero-order valence-electron chi connectivity index (χ0n) is 13.5. The van der Waals surface area contributed by atoms with Gasteiger partial charge in [-0.05, 0) is 27.2 Å². The number of hydrogen-bond donors (Lipinski definition) is 0. The zero-order valence-corrected chi connectivity index (χ0v) is 14.7. The highest BCUT2D eigenvalue weighted by Gasteiger charge is 2.69. The van der Waals surface area contributed by atoms with Crippen LogP contribution in [0, 0.1) is 0 Å². The lowest BCUT2D eigenvalue weighted by molar-refractivity contribution is -0.170. The fourth-order valence-corrected chi connectivity index (χ4v) is 6.39. The Labute approximate surface area is 127 Å². The number of β-lactam (4-membered cyclic amide) rings is 1. The van der Waals surface area contributed by atoms with Crippen LogP contribution < -0.4 is 0 Å². The summed E-state index contributed by atoms with van der Waals surface area (Å²) >= 11 is 0. The normalized spacial score (nSPS) is 32.8. The molecule has 2 fully saturated rings. The van der Waals surface area contributed by atoms with E-state index in [-0.39, 0.29) is 24.1 Å². The molecule has 5 nitrogen and oxygen atoms in total. The molecule has 0 aromatic rings. The van der Waals surface area contributed by atoms with Gasteiger partial charge in [0.15, 0.2) is 6.10 Å². The minimum atomic E-state index is -1.45. The molecule has 0 aromatic heterocycles. The van der Waals surface area contributed by atoms with Crippen molar-refractivity contribution in [1.82, 2.24) is 4.90 Å². The highest BCUT2D eigenvalue weighted by molar-refractivity contribution is 6.66. The van der Waals surface area contributed by atoms with E-state index >= 15 is 0 Å². The number of likely N-dealkylation sites (tertiary alicyclic amines) is 1. The predicted octanol–water partition coefficient (Wildman–Crippen LogP) is 2.33. The monoisotopic (exact) mass is 311 g/mol. The quantitative estimate of drug-likeness (QED) is 0.346. The average molecular weight is 311 g/mol. The van der Waals surface area contributed by atoms with Crippen molar-refractivity contribution in [3.63, 3.8) is 0 Å². The number of ether oxygens (including phenoxy) is 2. The van der Waals surface area contributed by atoms with Gasteiger partial charge in [0.25, 0.3) is 0 Å². The molecular weight excluding hydrogens is 286 g/mol. The van der Waals surface area contributed by atoms with Gasteiger partial charge < -0.3 is 14.4 Å². The molecule has 2 rings (SSSR count). The van der Waals surface area contributed by atoms with Crippen LogP contribution in [0.4, 0.5) is 4.79 Å². The molecule has 0 spiro atoms. The molecule has 0 saturated carbocycles. The summed E-state index contributed by atoms with van der Waals surface area (Å²) in [5.41, 5.74) is -0.249. The van der Waals surface area contributed by atoms with E-state index in [0.29, 0.717) is 6.42 Å². The Morgan fingerprint density at radius 2 is 2.05 bits per heavy atom. The lowest BCUT2D eigenvalue weighted by atomic mass is 9.76. The van der Waals surface area contributed by atoms with Crippen LogP contribution in [0.2, 0.25) is 18.1 Å². The maximum absolute atomic E-state index is 13.0. The summed E-state index contributed by atoms with van der Waals surface area (Å²) in [5, 5.41) is -0.576. The molecule has 2 heterocycles. The lowest BCUT2D eigenvalue weighted by Gasteiger charge is -2.63. The molecule has 6 heteroatoms. The summed E-state index contributed by atoms with van der Waals surface area (Å²) in [7, 11) is -1.45. The van der Waals surface area contributed by atoms with Crippen LogP contribution in [-0.4, -0.2) is 50.1 Å². The van der Waals surface area contributed by atoms with Crippen molar-refractivity contribution in [2.75, 3.05) is 6.61 Å². The molecule has 3 atom stereocenters. The first-order valence-electron chi connectivity index (χ1n) is 7.45. The second-order valence-corrected chi connectivity index (χ2v) is 10.4. The summed E-state index contributed by atoms with van der Waals surface area (Å²) in [6, 6.07) is 0.0358. The van der Waals surface area contributed by atoms with Crippen LogP contribution in [0.3, 0.4) is 0 Å². The van der Waals surface area contributed by atoms with Gasteiger partial charge in [0, 0.05) is 5.54 Å². The summed E-state index contributed by atoms with van der Waals surface area (Å²) in [5.74, 6) is 0.104. The van der Waals surface area contributed by atoms with Gasteiger partial charge in [-0.2, -0.15) is 0 Å². The first-order chi connectivity index (χ1) is 9.67. The van der Waals surface area contributed by atoms with Gasteiger partial charge in [-0.25, -0.2) is 4.79 Å². The van der Waals surface area contributed by atoms with Gasteiger partial charge in [-0.1, -0.05) is 19.2 Å². The van der Waals surface area contributed by atoms with Gasteiger partial charge in [0.1, 0.15) is 6.61 Å². The maximum Gasteiger partial charge on any atom is 0.508 e. The van der Waals surface area contributed by atoms with Crippen molar-refractivity contribution >= 4 is 20.9 Å². The van der Waals surface area contributed by atoms with Gasteiger partial charge in [0.05, 0.1) is 19.9 Å². The van der Waals surface area contributed by atoms with Crippen LogP contribution >= 0.6 is 0 Å². The molecule has 0 aromatic carbocycles. The third-order valence-electron chi connectivity index (χ3n) is 4.64. The Morgan fingerprint density at radius 3 is 2.43 bits per heavy atom. The Hall–Kier alpha value is -1.30. The molecule has 2 aliphatic rings. The molecule has 0 aliphatic carbocycles. The lowest BCUT2D eigenvalue weighted by Crippen LogP contribution is -2.76. The minimum absolute atomic E-state index is 0.0358. The summed E-state index contributed by atoms with van der Waals surface area (Å²) in [6.07, 6.45) is 1.45. The Bertz CT molecular complexity index is 471. The number of amides is 1. The smallest absolute Gasteiger partial charge is 0.430 e. The van der Waals surface area contributed by atoms with E-state index in [9.17, 15) is 9.59 Å². The van der Waals surface area contributed by atoms with Crippen molar-refractivity contribution in [2.45, 2.75) is 63.0 Å². The molecule has 21 heavy (non-hydrogen) atoms. The Balaban J connectivity index is 2.42.